The molecular formula is C15H11F3N2O5. The molecular weight excluding hydrogens is 345 g/mol. The van der Waals surface area contributed by atoms with Crippen molar-refractivity contribution in [2.75, 3.05) is 0 Å². The molecule has 0 unspecified atom stereocenters. The van der Waals surface area contributed by atoms with Crippen molar-refractivity contribution in [1.82, 2.24) is 4.98 Å². The maximum Gasteiger partial charge on any atom is 0.417 e. The topological polar surface area (TPSA) is 114 Å². The Labute approximate surface area is 138 Å². The number of ketones is 1. The first-order valence-corrected chi connectivity index (χ1v) is 6.74. The molecule has 132 valence electrons. The lowest BCUT2D eigenvalue weighted by molar-refractivity contribution is -0.386. The highest BCUT2D eigenvalue weighted by molar-refractivity contribution is 6.11. The molecule has 0 bridgehead atoms. The van der Waals surface area contributed by atoms with Crippen molar-refractivity contribution >= 4 is 11.5 Å². The molecule has 7 nitrogen and oxygen atoms in total. The summed E-state index contributed by atoms with van der Waals surface area (Å²) < 4.78 is 39.8. The van der Waals surface area contributed by atoms with Crippen LogP contribution in [-0.2, 0) is 6.18 Å². The second kappa shape index (κ2) is 6.04. The van der Waals surface area contributed by atoms with Gasteiger partial charge in [-0.05, 0) is 26.0 Å². The average Bonchev–Trinajstić information content (AvgIpc) is 2.47. The smallest absolute Gasteiger partial charge is 0.417 e. The van der Waals surface area contributed by atoms with Crippen LogP contribution in [-0.4, -0.2) is 25.9 Å². The molecule has 1 heterocycles. The number of carbonyl (C=O) groups excluding carboxylic acids is 1. The Morgan fingerprint density at radius 2 is 1.80 bits per heavy atom. The van der Waals surface area contributed by atoms with Crippen molar-refractivity contribution in [2.45, 2.75) is 20.0 Å². The number of phenolic OH excluding ortho intramolecular Hbond substituents is 2. The zero-order chi connectivity index (χ0) is 19.1. The molecule has 0 atom stereocenters. The van der Waals surface area contributed by atoms with Gasteiger partial charge in [0.05, 0.1) is 16.1 Å². The molecule has 0 saturated carbocycles. The van der Waals surface area contributed by atoms with Gasteiger partial charge in [-0.1, -0.05) is 0 Å². The summed E-state index contributed by atoms with van der Waals surface area (Å²) in [5.74, 6) is -3.30. The van der Waals surface area contributed by atoms with Crippen LogP contribution in [0.1, 0.15) is 32.9 Å². The number of nitrogens with zero attached hydrogens (tertiary/aromatic N) is 2. The number of benzene rings is 1. The number of nitro benzene ring substituents is 1. The molecule has 2 rings (SSSR count). The van der Waals surface area contributed by atoms with Crippen molar-refractivity contribution in [3.05, 3.63) is 56.4 Å². The molecule has 0 aliphatic rings. The third-order valence-electron chi connectivity index (χ3n) is 3.39. The van der Waals surface area contributed by atoms with Crippen LogP contribution in [0, 0.1) is 24.0 Å². The number of pyridine rings is 1. The highest BCUT2D eigenvalue weighted by Crippen LogP contribution is 2.39. The zero-order valence-electron chi connectivity index (χ0n) is 12.9. The number of phenols is 2. The minimum atomic E-state index is -4.85. The number of nitro groups is 1. The molecule has 10 heteroatoms. The summed E-state index contributed by atoms with van der Waals surface area (Å²) in [6, 6.07) is 1.94. The summed E-state index contributed by atoms with van der Waals surface area (Å²) in [7, 11) is 0. The highest BCUT2D eigenvalue weighted by Gasteiger charge is 2.37. The molecule has 2 aromatic rings. The molecule has 0 saturated heterocycles. The van der Waals surface area contributed by atoms with Crippen molar-refractivity contribution in [3.63, 3.8) is 0 Å². The fourth-order valence-corrected chi connectivity index (χ4v) is 2.36. The number of aromatic hydroxyl groups is 2. The van der Waals surface area contributed by atoms with E-state index in [2.05, 4.69) is 4.98 Å². The van der Waals surface area contributed by atoms with Crippen LogP contribution in [0.2, 0.25) is 0 Å². The quantitative estimate of drug-likeness (QED) is 0.378. The lowest BCUT2D eigenvalue weighted by Crippen LogP contribution is -2.17. The Morgan fingerprint density at radius 3 is 2.32 bits per heavy atom. The fraction of sp³-hybridized carbons (Fsp3) is 0.200. The maximum absolute atomic E-state index is 13.3. The number of carbonyl (C=O) groups is 1. The standard InChI is InChI=1S/C15H11F3N2O5/c1-6-3-9(15(16,17)18)12(7(2)19-6)13(22)8-4-10(20(24)25)14(23)11(21)5-8/h3-5,21,23H,1-2H3. The first kappa shape index (κ1) is 18.2. The number of hydrogen-bond acceptors (Lipinski definition) is 6. The zero-order valence-corrected chi connectivity index (χ0v) is 12.9. The molecule has 1 aromatic carbocycles. The van der Waals surface area contributed by atoms with Crippen LogP contribution < -0.4 is 0 Å². The Morgan fingerprint density at radius 1 is 1.20 bits per heavy atom. The van der Waals surface area contributed by atoms with Gasteiger partial charge in [0.2, 0.25) is 5.75 Å². The summed E-state index contributed by atoms with van der Waals surface area (Å²) >= 11 is 0. The number of rotatable bonds is 3. The lowest BCUT2D eigenvalue weighted by atomic mass is 9.95. The molecule has 0 amide bonds. The predicted octanol–water partition coefficient (Wildman–Crippen LogP) is 3.27. The third-order valence-corrected chi connectivity index (χ3v) is 3.39. The first-order chi connectivity index (χ1) is 11.4. The monoisotopic (exact) mass is 356 g/mol. The Kier molecular flexibility index (Phi) is 4.39. The average molecular weight is 356 g/mol. The summed E-state index contributed by atoms with van der Waals surface area (Å²) in [6.45, 7) is 2.53. The van der Waals surface area contributed by atoms with Crippen molar-refractivity contribution in [1.29, 1.82) is 0 Å². The molecule has 2 N–H and O–H groups in total. The van der Waals surface area contributed by atoms with Crippen LogP contribution in [0.15, 0.2) is 18.2 Å². The van der Waals surface area contributed by atoms with E-state index in [1.165, 1.54) is 13.8 Å². The number of halogens is 3. The van der Waals surface area contributed by atoms with Gasteiger partial charge in [0.25, 0.3) is 0 Å². The predicted molar refractivity (Wildman–Crippen MR) is 78.6 cm³/mol. The lowest BCUT2D eigenvalue weighted by Gasteiger charge is -2.15. The summed E-state index contributed by atoms with van der Waals surface area (Å²) in [6.07, 6.45) is -4.85. The van der Waals surface area contributed by atoms with Crippen LogP contribution in [0.5, 0.6) is 11.5 Å². The number of aromatic nitrogens is 1. The number of alkyl halides is 3. The number of hydrogen-bond donors (Lipinski definition) is 2. The minimum Gasteiger partial charge on any atom is -0.504 e. The van der Waals surface area contributed by atoms with Gasteiger partial charge in [-0.25, -0.2) is 0 Å². The summed E-state index contributed by atoms with van der Waals surface area (Å²) in [4.78, 5) is 26.1. The van der Waals surface area contributed by atoms with Crippen LogP contribution in [0.25, 0.3) is 0 Å². The third kappa shape index (κ3) is 3.37. The van der Waals surface area contributed by atoms with Gasteiger partial charge in [0.15, 0.2) is 11.5 Å². The van der Waals surface area contributed by atoms with Crippen molar-refractivity contribution in [2.24, 2.45) is 0 Å². The number of aryl methyl sites for hydroxylation is 2. The van der Waals surface area contributed by atoms with Gasteiger partial charge < -0.3 is 10.2 Å². The van der Waals surface area contributed by atoms with Gasteiger partial charge in [0, 0.05) is 23.0 Å². The molecule has 1 aromatic heterocycles. The van der Waals surface area contributed by atoms with Crippen molar-refractivity contribution < 1.29 is 33.1 Å². The van der Waals surface area contributed by atoms with Gasteiger partial charge in [0.1, 0.15) is 0 Å². The van der Waals surface area contributed by atoms with Crippen LogP contribution in [0.4, 0.5) is 18.9 Å². The van der Waals surface area contributed by atoms with Gasteiger partial charge in [-0.3, -0.25) is 19.9 Å². The second-order valence-corrected chi connectivity index (χ2v) is 5.22. The SMILES string of the molecule is Cc1cc(C(F)(F)F)c(C(=O)c2cc(O)c(O)c([N+](=O)[O-])c2)c(C)n1. The van der Waals surface area contributed by atoms with Crippen molar-refractivity contribution in [3.8, 4) is 11.5 Å². The van der Waals surface area contributed by atoms with E-state index in [4.69, 9.17) is 0 Å². The minimum absolute atomic E-state index is 0.0425. The Bertz CT molecular complexity index is 894. The van der Waals surface area contributed by atoms with E-state index in [1.54, 1.807) is 0 Å². The first-order valence-electron chi connectivity index (χ1n) is 6.74. The Hall–Kier alpha value is -3.17. The molecule has 0 aliphatic carbocycles. The molecule has 0 fully saturated rings. The largest absolute Gasteiger partial charge is 0.504 e. The summed E-state index contributed by atoms with van der Waals surface area (Å²) in [5, 5.41) is 29.8. The fourth-order valence-electron chi connectivity index (χ4n) is 2.36. The molecule has 0 aliphatic heterocycles. The van der Waals surface area contributed by atoms with Crippen LogP contribution in [0.3, 0.4) is 0 Å². The molecule has 0 radical (unpaired) electrons. The van der Waals surface area contributed by atoms with E-state index in [1.807, 2.05) is 0 Å². The van der Waals surface area contributed by atoms with E-state index in [0.717, 1.165) is 0 Å². The van der Waals surface area contributed by atoms with E-state index in [9.17, 15) is 38.3 Å². The highest BCUT2D eigenvalue weighted by atomic mass is 19.4. The molecule has 0 spiro atoms. The maximum atomic E-state index is 13.3. The summed E-state index contributed by atoms with van der Waals surface area (Å²) in [5.41, 5.74) is -3.78. The van der Waals surface area contributed by atoms with Gasteiger partial charge in [-0.2, -0.15) is 13.2 Å². The molecule has 25 heavy (non-hydrogen) atoms. The van der Waals surface area contributed by atoms with Gasteiger partial charge >= 0.3 is 11.9 Å². The van der Waals surface area contributed by atoms with E-state index >= 15 is 0 Å². The van der Waals surface area contributed by atoms with E-state index < -0.39 is 50.8 Å². The van der Waals surface area contributed by atoms with E-state index in [-0.39, 0.29) is 11.4 Å². The van der Waals surface area contributed by atoms with E-state index in [0.29, 0.717) is 18.2 Å². The Balaban J connectivity index is 2.73. The van der Waals surface area contributed by atoms with Gasteiger partial charge in [-0.15, -0.1) is 0 Å². The normalized spacial score (nSPS) is 11.4. The second-order valence-electron chi connectivity index (χ2n) is 5.22. The van der Waals surface area contributed by atoms with Crippen LogP contribution >= 0.6 is 0 Å².